The molecule has 1 aliphatic rings. The molecule has 0 bridgehead atoms. The molecule has 0 saturated carbocycles. The van der Waals surface area contributed by atoms with E-state index in [1.54, 1.807) is 4.90 Å². The second-order valence-corrected chi connectivity index (χ2v) is 7.07. The molecule has 1 amide bonds. The van der Waals surface area contributed by atoms with Crippen LogP contribution >= 0.6 is 11.3 Å². The Morgan fingerprint density at radius 1 is 1.37 bits per heavy atom. The summed E-state index contributed by atoms with van der Waals surface area (Å²) < 4.78 is 10.9. The number of aliphatic carboxylic acids is 1. The molecule has 2 aromatic rings. The Bertz CT molecular complexity index is 790. The van der Waals surface area contributed by atoms with Crippen molar-refractivity contribution in [3.05, 3.63) is 35.3 Å². The Morgan fingerprint density at radius 2 is 2.15 bits per heavy atom. The van der Waals surface area contributed by atoms with E-state index in [2.05, 4.69) is 4.98 Å². The van der Waals surface area contributed by atoms with Crippen LogP contribution in [0.5, 0.6) is 5.75 Å². The predicted molar refractivity (Wildman–Crippen MR) is 101 cm³/mol. The minimum atomic E-state index is -0.922. The number of hydrogen-bond acceptors (Lipinski definition) is 6. The number of amides is 1. The van der Waals surface area contributed by atoms with E-state index in [9.17, 15) is 9.59 Å². The van der Waals surface area contributed by atoms with Crippen molar-refractivity contribution in [2.24, 2.45) is 0 Å². The molecular weight excluding hydrogens is 368 g/mol. The molecule has 1 fully saturated rings. The molecule has 1 N–H and O–H groups in total. The number of hydrogen-bond donors (Lipinski definition) is 1. The monoisotopic (exact) mass is 390 g/mol. The number of rotatable bonds is 7. The number of ether oxygens (including phenoxy) is 2. The third-order valence-electron chi connectivity index (χ3n) is 4.19. The average molecular weight is 390 g/mol. The lowest BCUT2D eigenvalue weighted by Gasteiger charge is -2.32. The summed E-state index contributed by atoms with van der Waals surface area (Å²) in [5, 5.41) is 11.6. The van der Waals surface area contributed by atoms with Crippen molar-refractivity contribution in [3.63, 3.8) is 0 Å². The van der Waals surface area contributed by atoms with Crippen molar-refractivity contribution < 1.29 is 24.2 Å². The molecule has 0 radical (unpaired) electrons. The molecule has 1 aromatic carbocycles. The minimum absolute atomic E-state index is 0.0581. The fraction of sp³-hybridized carbons (Fsp3) is 0.421. The summed E-state index contributed by atoms with van der Waals surface area (Å²) in [6.45, 7) is 3.71. The summed E-state index contributed by atoms with van der Waals surface area (Å²) in [5.74, 6) is -0.164. The lowest BCUT2D eigenvalue weighted by atomic mass is 10.2. The Balaban J connectivity index is 1.59. The lowest BCUT2D eigenvalue weighted by Crippen LogP contribution is -2.46. The van der Waals surface area contributed by atoms with E-state index in [4.69, 9.17) is 14.6 Å². The first-order valence-electron chi connectivity index (χ1n) is 8.84. The van der Waals surface area contributed by atoms with Gasteiger partial charge in [-0.05, 0) is 31.2 Å². The van der Waals surface area contributed by atoms with Gasteiger partial charge in [0.1, 0.15) is 10.8 Å². The minimum Gasteiger partial charge on any atom is -0.494 e. The zero-order valence-electron chi connectivity index (χ0n) is 15.1. The van der Waals surface area contributed by atoms with Gasteiger partial charge >= 0.3 is 5.97 Å². The van der Waals surface area contributed by atoms with Gasteiger partial charge < -0.3 is 19.5 Å². The van der Waals surface area contributed by atoms with Crippen LogP contribution in [0.3, 0.4) is 0 Å². The SMILES string of the molecule is CCOc1ccc(-c2nc(CC(=O)N3CCOC(CC(=O)O)C3)cs2)cc1. The van der Waals surface area contributed by atoms with Crippen molar-refractivity contribution in [1.82, 2.24) is 9.88 Å². The zero-order valence-corrected chi connectivity index (χ0v) is 15.9. The molecule has 1 unspecified atom stereocenters. The van der Waals surface area contributed by atoms with Crippen LogP contribution in [0.4, 0.5) is 0 Å². The fourth-order valence-corrected chi connectivity index (χ4v) is 3.74. The van der Waals surface area contributed by atoms with Gasteiger partial charge in [-0.15, -0.1) is 11.3 Å². The smallest absolute Gasteiger partial charge is 0.306 e. The molecule has 0 spiro atoms. The van der Waals surface area contributed by atoms with Crippen molar-refractivity contribution in [3.8, 4) is 16.3 Å². The van der Waals surface area contributed by atoms with E-state index in [-0.39, 0.29) is 18.7 Å². The van der Waals surface area contributed by atoms with Crippen molar-refractivity contribution in [1.29, 1.82) is 0 Å². The topological polar surface area (TPSA) is 89.0 Å². The van der Waals surface area contributed by atoms with Crippen LogP contribution in [0.25, 0.3) is 10.6 Å². The van der Waals surface area contributed by atoms with E-state index >= 15 is 0 Å². The normalized spacial score (nSPS) is 16.9. The highest BCUT2D eigenvalue weighted by atomic mass is 32.1. The van der Waals surface area contributed by atoms with E-state index in [0.717, 1.165) is 22.0 Å². The highest BCUT2D eigenvalue weighted by Gasteiger charge is 2.26. The summed E-state index contributed by atoms with van der Waals surface area (Å²) in [6.07, 6.45) is -0.342. The number of morpholine rings is 1. The van der Waals surface area contributed by atoms with E-state index < -0.39 is 12.1 Å². The molecule has 3 rings (SSSR count). The molecule has 1 aliphatic heterocycles. The highest BCUT2D eigenvalue weighted by molar-refractivity contribution is 7.13. The van der Waals surface area contributed by atoms with Crippen molar-refractivity contribution in [2.75, 3.05) is 26.3 Å². The van der Waals surface area contributed by atoms with Crippen LogP contribution in [0.2, 0.25) is 0 Å². The molecule has 8 heteroatoms. The molecule has 1 atom stereocenters. The molecule has 7 nitrogen and oxygen atoms in total. The van der Waals surface area contributed by atoms with E-state index in [1.807, 2.05) is 36.6 Å². The highest BCUT2D eigenvalue weighted by Crippen LogP contribution is 2.26. The van der Waals surface area contributed by atoms with Crippen molar-refractivity contribution >= 4 is 23.2 Å². The number of carboxylic acid groups (broad SMARTS) is 1. The molecule has 144 valence electrons. The Morgan fingerprint density at radius 3 is 2.85 bits per heavy atom. The fourth-order valence-electron chi connectivity index (χ4n) is 2.91. The van der Waals surface area contributed by atoms with Crippen molar-refractivity contribution in [2.45, 2.75) is 25.9 Å². The Hall–Kier alpha value is -2.45. The van der Waals surface area contributed by atoms with Crippen LogP contribution in [0.1, 0.15) is 19.0 Å². The lowest BCUT2D eigenvalue weighted by molar-refractivity contribution is -0.147. The number of thiazole rings is 1. The van der Waals surface area contributed by atoms with Gasteiger partial charge in [0, 0.05) is 24.0 Å². The maximum atomic E-state index is 12.5. The number of carbonyl (C=O) groups excluding carboxylic acids is 1. The molecule has 27 heavy (non-hydrogen) atoms. The first kappa shape index (κ1) is 19.3. The molecular formula is C19H22N2O5S. The van der Waals surface area contributed by atoms with Gasteiger partial charge in [-0.25, -0.2) is 4.98 Å². The summed E-state index contributed by atoms with van der Waals surface area (Å²) in [5.41, 5.74) is 1.70. The zero-order chi connectivity index (χ0) is 19.2. The van der Waals surface area contributed by atoms with Gasteiger partial charge in [-0.3, -0.25) is 9.59 Å². The van der Waals surface area contributed by atoms with E-state index in [1.165, 1.54) is 11.3 Å². The first-order valence-corrected chi connectivity index (χ1v) is 9.72. The number of carbonyl (C=O) groups is 2. The second kappa shape index (κ2) is 8.96. The summed E-state index contributed by atoms with van der Waals surface area (Å²) in [7, 11) is 0. The van der Waals surface area contributed by atoms with Crippen LogP contribution in [-0.2, 0) is 20.7 Å². The standard InChI is InChI=1S/C19H22N2O5S/c1-2-25-15-5-3-13(4-6-15)19-20-14(12-27-19)9-17(22)21-7-8-26-16(11-21)10-18(23)24/h3-6,12,16H,2,7-11H2,1H3,(H,23,24). The molecule has 1 aromatic heterocycles. The predicted octanol–water partition coefficient (Wildman–Crippen LogP) is 2.45. The van der Waals surface area contributed by atoms with Gasteiger partial charge in [0.05, 0.1) is 37.9 Å². The molecule has 1 saturated heterocycles. The van der Waals surface area contributed by atoms with Crippen LogP contribution in [0.15, 0.2) is 29.6 Å². The maximum Gasteiger partial charge on any atom is 0.306 e. The van der Waals surface area contributed by atoms with Gasteiger partial charge in [-0.1, -0.05) is 0 Å². The largest absolute Gasteiger partial charge is 0.494 e. The second-order valence-electron chi connectivity index (χ2n) is 6.21. The van der Waals surface area contributed by atoms with E-state index in [0.29, 0.717) is 26.3 Å². The average Bonchev–Trinajstić information content (AvgIpc) is 3.11. The molecule has 2 heterocycles. The number of benzene rings is 1. The first-order chi connectivity index (χ1) is 13.0. The quantitative estimate of drug-likeness (QED) is 0.781. The third kappa shape index (κ3) is 5.27. The number of nitrogens with zero attached hydrogens (tertiary/aromatic N) is 2. The number of carboxylic acids is 1. The van der Waals surface area contributed by atoms with Gasteiger partial charge in [0.25, 0.3) is 0 Å². The summed E-state index contributed by atoms with van der Waals surface area (Å²) in [6, 6.07) is 7.71. The van der Waals surface area contributed by atoms with Crippen LogP contribution in [0, 0.1) is 0 Å². The van der Waals surface area contributed by atoms with Crippen LogP contribution in [-0.4, -0.2) is 59.3 Å². The number of aromatic nitrogens is 1. The Kier molecular flexibility index (Phi) is 6.41. The third-order valence-corrected chi connectivity index (χ3v) is 5.13. The molecule has 0 aliphatic carbocycles. The van der Waals surface area contributed by atoms with Gasteiger partial charge in [0.15, 0.2) is 0 Å². The van der Waals surface area contributed by atoms with Gasteiger partial charge in [0.2, 0.25) is 5.91 Å². The maximum absolute atomic E-state index is 12.5. The Labute approximate surface area is 161 Å². The summed E-state index contributed by atoms with van der Waals surface area (Å²) in [4.78, 5) is 29.6. The summed E-state index contributed by atoms with van der Waals surface area (Å²) >= 11 is 1.49. The van der Waals surface area contributed by atoms with Crippen LogP contribution < -0.4 is 4.74 Å². The van der Waals surface area contributed by atoms with Gasteiger partial charge in [-0.2, -0.15) is 0 Å².